The van der Waals surface area contributed by atoms with E-state index in [0.29, 0.717) is 18.1 Å². The van der Waals surface area contributed by atoms with Crippen LogP contribution in [-0.2, 0) is 9.59 Å². The van der Waals surface area contributed by atoms with Gasteiger partial charge in [0.15, 0.2) is 0 Å². The quantitative estimate of drug-likeness (QED) is 0.474. The summed E-state index contributed by atoms with van der Waals surface area (Å²) in [7, 11) is 0. The summed E-state index contributed by atoms with van der Waals surface area (Å²) in [4.78, 5) is 21.0. The molecule has 1 aliphatic carbocycles. The molecule has 1 atom stereocenters. The van der Waals surface area contributed by atoms with Crippen LogP contribution in [0, 0.1) is 5.92 Å². The van der Waals surface area contributed by atoms with Crippen molar-refractivity contribution in [3.63, 3.8) is 0 Å². The Hall–Kier alpha value is -0.920. The zero-order valence-electron chi connectivity index (χ0n) is 7.16. The van der Waals surface area contributed by atoms with Crippen LogP contribution in [0.5, 0.6) is 0 Å². The van der Waals surface area contributed by atoms with E-state index in [9.17, 15) is 9.59 Å². The summed E-state index contributed by atoms with van der Waals surface area (Å²) in [5.74, 6) is 0.869. The monoisotopic (exact) mass is 166 g/mol. The van der Waals surface area contributed by atoms with E-state index in [0.717, 1.165) is 32.0 Å². The van der Waals surface area contributed by atoms with Crippen LogP contribution in [0.2, 0.25) is 0 Å². The van der Waals surface area contributed by atoms with Crippen molar-refractivity contribution in [3.05, 3.63) is 12.2 Å². The Morgan fingerprint density at radius 1 is 1.50 bits per heavy atom. The molecule has 2 heteroatoms. The average Bonchev–Trinajstić information content (AvgIpc) is 2.05. The number of carbonyl (C=O) groups is 2. The number of hydrogen-bond donors (Lipinski definition) is 0. The lowest BCUT2D eigenvalue weighted by atomic mass is 9.86. The molecule has 0 saturated heterocycles. The Morgan fingerprint density at radius 2 is 2.33 bits per heavy atom. The van der Waals surface area contributed by atoms with Crippen LogP contribution in [0.3, 0.4) is 0 Å². The zero-order chi connectivity index (χ0) is 8.81. The van der Waals surface area contributed by atoms with E-state index in [1.165, 1.54) is 6.08 Å². The Bertz CT molecular complexity index is 194. The Kier molecular flexibility index (Phi) is 3.71. The summed E-state index contributed by atoms with van der Waals surface area (Å²) < 4.78 is 0. The Balaban J connectivity index is 2.27. The van der Waals surface area contributed by atoms with Gasteiger partial charge >= 0.3 is 0 Å². The highest BCUT2D eigenvalue weighted by molar-refractivity contribution is 5.79. The molecule has 0 aliphatic heterocycles. The van der Waals surface area contributed by atoms with Crippen LogP contribution in [-0.4, -0.2) is 12.1 Å². The molecule has 0 radical (unpaired) electrons. The van der Waals surface area contributed by atoms with Crippen LogP contribution in [0.25, 0.3) is 0 Å². The van der Waals surface area contributed by atoms with E-state index >= 15 is 0 Å². The summed E-state index contributed by atoms with van der Waals surface area (Å²) >= 11 is 0. The standard InChI is InChI=1S/C10H14O2/c11-7-2-1-4-9-5-3-6-10(12)8-9/h1-2,7,9H,3-6,8H2. The molecule has 2 nitrogen and oxygen atoms in total. The van der Waals surface area contributed by atoms with Gasteiger partial charge in [-0.1, -0.05) is 6.08 Å². The Morgan fingerprint density at radius 3 is 3.00 bits per heavy atom. The van der Waals surface area contributed by atoms with Gasteiger partial charge in [0, 0.05) is 12.8 Å². The van der Waals surface area contributed by atoms with Crippen LogP contribution in [0.15, 0.2) is 12.2 Å². The van der Waals surface area contributed by atoms with Gasteiger partial charge in [0.1, 0.15) is 12.1 Å². The lowest BCUT2D eigenvalue weighted by Crippen LogP contribution is -2.14. The van der Waals surface area contributed by atoms with Crippen LogP contribution in [0.4, 0.5) is 0 Å². The van der Waals surface area contributed by atoms with E-state index in [2.05, 4.69) is 0 Å². The average molecular weight is 166 g/mol. The molecular weight excluding hydrogens is 152 g/mol. The molecule has 0 aromatic rings. The topological polar surface area (TPSA) is 34.1 Å². The first-order valence-corrected chi connectivity index (χ1v) is 4.45. The van der Waals surface area contributed by atoms with E-state index in [-0.39, 0.29) is 0 Å². The van der Waals surface area contributed by atoms with E-state index in [1.54, 1.807) is 0 Å². The third-order valence-corrected chi connectivity index (χ3v) is 2.27. The fourth-order valence-electron chi connectivity index (χ4n) is 1.64. The molecule has 1 unspecified atom stereocenters. The molecule has 1 rings (SSSR count). The highest BCUT2D eigenvalue weighted by atomic mass is 16.1. The zero-order valence-corrected chi connectivity index (χ0v) is 7.16. The number of rotatable bonds is 3. The summed E-state index contributed by atoms with van der Waals surface area (Å²) in [5.41, 5.74) is 0. The maximum atomic E-state index is 11.0. The molecule has 0 amide bonds. The van der Waals surface area contributed by atoms with Crippen molar-refractivity contribution in [1.29, 1.82) is 0 Å². The SMILES string of the molecule is O=CC=CCC1CCCC(=O)C1. The van der Waals surface area contributed by atoms with Crippen molar-refractivity contribution >= 4 is 12.1 Å². The summed E-state index contributed by atoms with van der Waals surface area (Å²) in [6.07, 6.45) is 8.66. The first-order valence-electron chi connectivity index (χ1n) is 4.45. The minimum Gasteiger partial charge on any atom is -0.300 e. The van der Waals surface area contributed by atoms with Gasteiger partial charge in [-0.05, 0) is 31.3 Å². The van der Waals surface area contributed by atoms with Crippen molar-refractivity contribution in [2.24, 2.45) is 5.92 Å². The molecular formula is C10H14O2. The molecule has 1 saturated carbocycles. The van der Waals surface area contributed by atoms with E-state index in [1.807, 2.05) is 6.08 Å². The lowest BCUT2D eigenvalue weighted by molar-refractivity contribution is -0.121. The molecule has 0 heterocycles. The Labute approximate surface area is 72.7 Å². The predicted molar refractivity (Wildman–Crippen MR) is 46.8 cm³/mol. The molecule has 1 aliphatic rings. The molecule has 0 bridgehead atoms. The largest absolute Gasteiger partial charge is 0.300 e. The van der Waals surface area contributed by atoms with Gasteiger partial charge < -0.3 is 0 Å². The van der Waals surface area contributed by atoms with Crippen LogP contribution in [0.1, 0.15) is 32.1 Å². The fourth-order valence-corrected chi connectivity index (χ4v) is 1.64. The molecule has 0 aromatic carbocycles. The summed E-state index contributed by atoms with van der Waals surface area (Å²) in [6.45, 7) is 0. The van der Waals surface area contributed by atoms with Crippen LogP contribution < -0.4 is 0 Å². The van der Waals surface area contributed by atoms with Gasteiger partial charge in [-0.15, -0.1) is 0 Å². The minimum atomic E-state index is 0.380. The molecule has 66 valence electrons. The van der Waals surface area contributed by atoms with Crippen molar-refractivity contribution in [1.82, 2.24) is 0 Å². The van der Waals surface area contributed by atoms with Crippen molar-refractivity contribution in [2.75, 3.05) is 0 Å². The molecule has 12 heavy (non-hydrogen) atoms. The number of hydrogen-bond acceptors (Lipinski definition) is 2. The molecule has 0 spiro atoms. The van der Waals surface area contributed by atoms with E-state index in [4.69, 9.17) is 0 Å². The third kappa shape index (κ3) is 2.99. The lowest BCUT2D eigenvalue weighted by Gasteiger charge is -2.18. The van der Waals surface area contributed by atoms with Gasteiger partial charge in [-0.3, -0.25) is 9.59 Å². The molecule has 1 fully saturated rings. The van der Waals surface area contributed by atoms with Gasteiger partial charge in [-0.25, -0.2) is 0 Å². The summed E-state index contributed by atoms with van der Waals surface area (Å²) in [6, 6.07) is 0. The highest BCUT2D eigenvalue weighted by Crippen LogP contribution is 2.24. The van der Waals surface area contributed by atoms with Crippen molar-refractivity contribution in [2.45, 2.75) is 32.1 Å². The number of allylic oxidation sites excluding steroid dienone is 2. The van der Waals surface area contributed by atoms with Crippen LogP contribution >= 0.6 is 0 Å². The van der Waals surface area contributed by atoms with Gasteiger partial charge in [0.2, 0.25) is 0 Å². The highest BCUT2D eigenvalue weighted by Gasteiger charge is 2.17. The second-order valence-corrected chi connectivity index (χ2v) is 3.30. The fraction of sp³-hybridized carbons (Fsp3) is 0.600. The van der Waals surface area contributed by atoms with Crippen molar-refractivity contribution < 1.29 is 9.59 Å². The number of Topliss-reactive ketones (excluding diaryl/α,β-unsaturated/α-hetero) is 1. The summed E-state index contributed by atoms with van der Waals surface area (Å²) in [5, 5.41) is 0. The minimum absolute atomic E-state index is 0.380. The maximum absolute atomic E-state index is 11.0. The van der Waals surface area contributed by atoms with Gasteiger partial charge in [0.25, 0.3) is 0 Å². The predicted octanol–water partition coefficient (Wildman–Crippen LogP) is 1.89. The first kappa shape index (κ1) is 9.17. The molecule has 0 N–H and O–H groups in total. The second kappa shape index (κ2) is 4.86. The first-order chi connectivity index (χ1) is 5.83. The van der Waals surface area contributed by atoms with E-state index < -0.39 is 0 Å². The normalized spacial score (nSPS) is 24.7. The maximum Gasteiger partial charge on any atom is 0.142 e. The van der Waals surface area contributed by atoms with Crippen molar-refractivity contribution in [3.8, 4) is 0 Å². The molecule has 0 aromatic heterocycles. The smallest absolute Gasteiger partial charge is 0.142 e. The van der Waals surface area contributed by atoms with Gasteiger partial charge in [0.05, 0.1) is 0 Å². The third-order valence-electron chi connectivity index (χ3n) is 2.27. The second-order valence-electron chi connectivity index (χ2n) is 3.30. The number of ketones is 1. The number of aldehydes is 1. The van der Waals surface area contributed by atoms with Gasteiger partial charge in [-0.2, -0.15) is 0 Å². The number of carbonyl (C=O) groups excluding carboxylic acids is 2.